The summed E-state index contributed by atoms with van der Waals surface area (Å²) in [5, 5.41) is 10.3. The maximum absolute atomic E-state index is 13.7. The van der Waals surface area contributed by atoms with Crippen molar-refractivity contribution >= 4 is 5.95 Å². The minimum absolute atomic E-state index is 0.00837. The molecule has 0 bridgehead atoms. The molecule has 0 radical (unpaired) electrons. The van der Waals surface area contributed by atoms with Gasteiger partial charge in [0.05, 0.1) is 17.6 Å². The van der Waals surface area contributed by atoms with Gasteiger partial charge in [0.1, 0.15) is 11.3 Å². The summed E-state index contributed by atoms with van der Waals surface area (Å²) >= 11 is 0. The Morgan fingerprint density at radius 3 is 2.74 bits per heavy atom. The van der Waals surface area contributed by atoms with Crippen LogP contribution in [0.4, 0.5) is 10.3 Å². The summed E-state index contributed by atoms with van der Waals surface area (Å²) in [6.07, 6.45) is 3.34. The van der Waals surface area contributed by atoms with Crippen LogP contribution in [-0.4, -0.2) is 20.1 Å². The van der Waals surface area contributed by atoms with Gasteiger partial charge in [-0.15, -0.1) is 0 Å². The van der Waals surface area contributed by atoms with Gasteiger partial charge >= 0.3 is 0 Å². The van der Waals surface area contributed by atoms with Crippen LogP contribution >= 0.6 is 0 Å². The molecule has 0 aliphatic heterocycles. The van der Waals surface area contributed by atoms with Crippen LogP contribution in [0.15, 0.2) is 24.4 Å². The van der Waals surface area contributed by atoms with E-state index in [1.54, 1.807) is 18.2 Å². The summed E-state index contributed by atoms with van der Waals surface area (Å²) in [5.41, 5.74) is 5.53. The first-order valence-corrected chi connectivity index (χ1v) is 6.07. The highest BCUT2D eigenvalue weighted by Gasteiger charge is 2.37. The van der Waals surface area contributed by atoms with Crippen LogP contribution in [0.2, 0.25) is 0 Å². The maximum Gasteiger partial charge on any atom is 0.220 e. The number of rotatable bonds is 2. The number of nitrogens with zero attached hydrogens (tertiary/aromatic N) is 3. The number of aromatic nitrogens is 3. The lowest BCUT2D eigenvalue weighted by atomic mass is 9.77. The Bertz CT molecular complexity index is 628. The van der Waals surface area contributed by atoms with Crippen molar-refractivity contribution in [1.29, 1.82) is 0 Å². The molecule has 0 saturated heterocycles. The third-order valence-electron chi connectivity index (χ3n) is 3.41. The lowest BCUT2D eigenvalue weighted by Gasteiger charge is -2.36. The number of pyridine rings is 1. The van der Waals surface area contributed by atoms with E-state index in [1.807, 2.05) is 0 Å². The van der Waals surface area contributed by atoms with Gasteiger partial charge in [0.2, 0.25) is 5.95 Å². The third-order valence-corrected chi connectivity index (χ3v) is 3.41. The zero-order valence-electron chi connectivity index (χ0n) is 10.2. The highest BCUT2D eigenvalue weighted by atomic mass is 19.1. The number of nitrogens with two attached hydrogens (primary N) is 1. The molecule has 6 heteroatoms. The zero-order chi connectivity index (χ0) is 13.5. The summed E-state index contributed by atoms with van der Waals surface area (Å²) in [6, 6.07) is 5.10. The van der Waals surface area contributed by atoms with Crippen LogP contribution in [0, 0.1) is 5.82 Å². The van der Waals surface area contributed by atoms with Gasteiger partial charge in [0, 0.05) is 0 Å². The van der Waals surface area contributed by atoms with E-state index in [1.165, 1.54) is 0 Å². The molecule has 3 N–H and O–H groups in total. The summed E-state index contributed by atoms with van der Waals surface area (Å²) in [4.78, 5) is 11.7. The molecule has 19 heavy (non-hydrogen) atoms. The number of nitrogen functional groups attached to an aromatic ring is 1. The van der Waals surface area contributed by atoms with Crippen molar-refractivity contribution in [1.82, 2.24) is 15.0 Å². The van der Waals surface area contributed by atoms with Gasteiger partial charge < -0.3 is 10.8 Å². The van der Waals surface area contributed by atoms with Crippen molar-refractivity contribution in [3.63, 3.8) is 0 Å². The zero-order valence-corrected chi connectivity index (χ0v) is 10.2. The van der Waals surface area contributed by atoms with Crippen LogP contribution in [0.1, 0.15) is 25.0 Å². The summed E-state index contributed by atoms with van der Waals surface area (Å²) in [6.45, 7) is 0. The Labute approximate surface area is 109 Å². The fourth-order valence-corrected chi connectivity index (χ4v) is 2.15. The van der Waals surface area contributed by atoms with Gasteiger partial charge in [0.25, 0.3) is 0 Å². The van der Waals surface area contributed by atoms with Gasteiger partial charge in [-0.3, -0.25) is 0 Å². The Kier molecular flexibility index (Phi) is 2.67. The molecule has 2 aromatic rings. The quantitative estimate of drug-likeness (QED) is 0.857. The van der Waals surface area contributed by atoms with Gasteiger partial charge in [-0.1, -0.05) is 6.07 Å². The van der Waals surface area contributed by atoms with E-state index in [9.17, 15) is 9.50 Å². The molecule has 0 amide bonds. The smallest absolute Gasteiger partial charge is 0.220 e. The molecule has 1 aliphatic rings. The molecule has 98 valence electrons. The van der Waals surface area contributed by atoms with Gasteiger partial charge in [-0.05, 0) is 31.4 Å². The highest BCUT2D eigenvalue weighted by molar-refractivity contribution is 5.56. The second-order valence-corrected chi connectivity index (χ2v) is 4.72. The number of halogens is 1. The lowest BCUT2D eigenvalue weighted by Crippen LogP contribution is -2.34. The average Bonchev–Trinajstić information content (AvgIpc) is 2.39. The normalized spacial score (nSPS) is 16.9. The predicted octanol–water partition coefficient (Wildman–Crippen LogP) is 1.63. The Morgan fingerprint density at radius 1 is 1.26 bits per heavy atom. The van der Waals surface area contributed by atoms with Crippen LogP contribution < -0.4 is 5.73 Å². The molecule has 0 spiro atoms. The molecule has 1 aliphatic carbocycles. The summed E-state index contributed by atoms with van der Waals surface area (Å²) in [5.74, 6) is -0.592. The first kappa shape index (κ1) is 12.0. The van der Waals surface area contributed by atoms with Gasteiger partial charge in [0.15, 0.2) is 5.82 Å². The maximum atomic E-state index is 13.7. The van der Waals surface area contributed by atoms with Crippen LogP contribution in [0.5, 0.6) is 0 Å². The van der Waals surface area contributed by atoms with Crippen molar-refractivity contribution in [2.45, 2.75) is 24.9 Å². The second kappa shape index (κ2) is 4.24. The first-order valence-electron chi connectivity index (χ1n) is 6.07. The molecule has 1 fully saturated rings. The average molecular weight is 260 g/mol. The largest absolute Gasteiger partial charge is 0.384 e. The fourth-order valence-electron chi connectivity index (χ4n) is 2.15. The monoisotopic (exact) mass is 260 g/mol. The molecular weight excluding hydrogens is 247 g/mol. The van der Waals surface area contributed by atoms with Crippen LogP contribution in [0.25, 0.3) is 11.4 Å². The molecule has 0 aromatic carbocycles. The standard InChI is InChI=1S/C13H13FN4O/c14-8-7-16-12(15)18-11(8)9-3-1-4-10(17-9)13(19)5-2-6-13/h1,3-4,7,19H,2,5-6H2,(H2,15,16,18). The molecule has 2 aromatic heterocycles. The van der Waals surface area contributed by atoms with Crippen molar-refractivity contribution < 1.29 is 9.50 Å². The Hall–Kier alpha value is -2.08. The summed E-state index contributed by atoms with van der Waals surface area (Å²) in [7, 11) is 0. The topological polar surface area (TPSA) is 84.9 Å². The van der Waals surface area contributed by atoms with E-state index in [2.05, 4.69) is 15.0 Å². The molecular formula is C13H13FN4O. The SMILES string of the molecule is Nc1ncc(F)c(-c2cccc(C3(O)CCC3)n2)n1. The Balaban J connectivity index is 2.06. The van der Waals surface area contributed by atoms with Crippen molar-refractivity contribution in [2.24, 2.45) is 0 Å². The van der Waals surface area contributed by atoms with E-state index >= 15 is 0 Å². The molecule has 1 saturated carbocycles. The molecule has 0 atom stereocenters. The Morgan fingerprint density at radius 2 is 2.05 bits per heavy atom. The molecule has 3 rings (SSSR count). The minimum Gasteiger partial charge on any atom is -0.384 e. The second-order valence-electron chi connectivity index (χ2n) is 4.72. The first-order chi connectivity index (χ1) is 9.08. The number of hydrogen-bond donors (Lipinski definition) is 2. The van der Waals surface area contributed by atoms with Crippen LogP contribution in [0.3, 0.4) is 0 Å². The number of anilines is 1. The number of hydrogen-bond acceptors (Lipinski definition) is 5. The van der Waals surface area contributed by atoms with Crippen molar-refractivity contribution in [2.75, 3.05) is 5.73 Å². The molecule has 2 heterocycles. The van der Waals surface area contributed by atoms with Crippen molar-refractivity contribution in [3.8, 4) is 11.4 Å². The minimum atomic E-state index is -0.884. The summed E-state index contributed by atoms with van der Waals surface area (Å²) < 4.78 is 13.7. The van der Waals surface area contributed by atoms with E-state index in [0.29, 0.717) is 24.2 Å². The molecule has 0 unspecified atom stereocenters. The highest BCUT2D eigenvalue weighted by Crippen LogP contribution is 2.40. The molecule has 5 nitrogen and oxygen atoms in total. The number of aliphatic hydroxyl groups is 1. The van der Waals surface area contributed by atoms with E-state index in [4.69, 9.17) is 5.73 Å². The van der Waals surface area contributed by atoms with Crippen LogP contribution in [-0.2, 0) is 5.60 Å². The third kappa shape index (κ3) is 2.04. The van der Waals surface area contributed by atoms with E-state index in [-0.39, 0.29) is 11.6 Å². The lowest BCUT2D eigenvalue weighted by molar-refractivity contribution is -0.0425. The van der Waals surface area contributed by atoms with E-state index in [0.717, 1.165) is 12.6 Å². The van der Waals surface area contributed by atoms with Gasteiger partial charge in [-0.2, -0.15) is 0 Å². The van der Waals surface area contributed by atoms with Gasteiger partial charge in [-0.25, -0.2) is 19.3 Å². The fraction of sp³-hybridized carbons (Fsp3) is 0.308. The van der Waals surface area contributed by atoms with Crippen molar-refractivity contribution in [3.05, 3.63) is 35.9 Å². The van der Waals surface area contributed by atoms with E-state index < -0.39 is 11.4 Å². The predicted molar refractivity (Wildman–Crippen MR) is 67.4 cm³/mol.